The Balaban J connectivity index is 1.65. The highest BCUT2D eigenvalue weighted by Crippen LogP contribution is 2.31. The molecule has 0 saturated heterocycles. The number of benzene rings is 2. The second kappa shape index (κ2) is 8.90. The van der Waals surface area contributed by atoms with E-state index < -0.39 is 0 Å². The Morgan fingerprint density at radius 2 is 1.89 bits per heavy atom. The molecule has 0 radical (unpaired) electrons. The zero-order chi connectivity index (χ0) is 19.9. The second-order valence-corrected chi connectivity index (χ2v) is 6.30. The standard InChI is InChI=1S/C22H23N3O3/c1-15-5-4-6-16(11-15)13-24-22(26)19-9-7-17(14-23-19)25-20-12-18(27-2)8-10-21(20)28-3/h4-12,14,25H,13H2,1-3H3,(H,24,26). The van der Waals surface area contributed by atoms with E-state index in [1.165, 1.54) is 0 Å². The molecule has 1 aromatic heterocycles. The number of hydrogen-bond donors (Lipinski definition) is 2. The molecule has 0 saturated carbocycles. The van der Waals surface area contributed by atoms with E-state index in [2.05, 4.69) is 15.6 Å². The van der Waals surface area contributed by atoms with Crippen LogP contribution in [0.25, 0.3) is 0 Å². The van der Waals surface area contributed by atoms with Gasteiger partial charge in [0.15, 0.2) is 0 Å². The Bertz CT molecular complexity index is 955. The fourth-order valence-corrected chi connectivity index (χ4v) is 2.76. The predicted octanol–water partition coefficient (Wildman–Crippen LogP) is 4.08. The number of carbonyl (C=O) groups excluding carboxylic acids is 1. The number of aryl methyl sites for hydroxylation is 1. The lowest BCUT2D eigenvalue weighted by Gasteiger charge is -2.13. The first-order chi connectivity index (χ1) is 13.6. The Labute approximate surface area is 164 Å². The molecule has 6 heteroatoms. The lowest BCUT2D eigenvalue weighted by molar-refractivity contribution is 0.0946. The van der Waals surface area contributed by atoms with E-state index in [0.29, 0.717) is 23.7 Å². The summed E-state index contributed by atoms with van der Waals surface area (Å²) in [7, 11) is 3.21. The summed E-state index contributed by atoms with van der Waals surface area (Å²) in [6, 6.07) is 17.0. The van der Waals surface area contributed by atoms with Gasteiger partial charge in [0.2, 0.25) is 0 Å². The van der Waals surface area contributed by atoms with Gasteiger partial charge in [0.05, 0.1) is 31.8 Å². The number of nitrogens with one attached hydrogen (secondary N) is 2. The Hall–Kier alpha value is -3.54. The first kappa shape index (κ1) is 19.2. The summed E-state index contributed by atoms with van der Waals surface area (Å²) in [5.41, 5.74) is 4.06. The van der Waals surface area contributed by atoms with Crippen molar-refractivity contribution in [2.75, 3.05) is 19.5 Å². The van der Waals surface area contributed by atoms with Crippen LogP contribution in [0.2, 0.25) is 0 Å². The van der Waals surface area contributed by atoms with Gasteiger partial charge in [-0.3, -0.25) is 4.79 Å². The van der Waals surface area contributed by atoms with Gasteiger partial charge in [0, 0.05) is 12.6 Å². The van der Waals surface area contributed by atoms with Crippen LogP contribution in [0.1, 0.15) is 21.6 Å². The van der Waals surface area contributed by atoms with Gasteiger partial charge in [-0.15, -0.1) is 0 Å². The van der Waals surface area contributed by atoms with Gasteiger partial charge in [-0.1, -0.05) is 29.8 Å². The van der Waals surface area contributed by atoms with Crippen molar-refractivity contribution < 1.29 is 14.3 Å². The van der Waals surface area contributed by atoms with Crippen LogP contribution < -0.4 is 20.1 Å². The molecule has 144 valence electrons. The van der Waals surface area contributed by atoms with E-state index in [9.17, 15) is 4.79 Å². The van der Waals surface area contributed by atoms with Gasteiger partial charge < -0.3 is 20.1 Å². The Morgan fingerprint density at radius 1 is 1.04 bits per heavy atom. The topological polar surface area (TPSA) is 72.5 Å². The molecule has 2 N–H and O–H groups in total. The van der Waals surface area contributed by atoms with Crippen LogP contribution in [0.15, 0.2) is 60.8 Å². The molecule has 6 nitrogen and oxygen atoms in total. The lowest BCUT2D eigenvalue weighted by Crippen LogP contribution is -2.23. The molecule has 3 aromatic rings. The van der Waals surface area contributed by atoms with E-state index in [4.69, 9.17) is 9.47 Å². The average Bonchev–Trinajstić information content (AvgIpc) is 2.72. The molecule has 0 bridgehead atoms. The van der Waals surface area contributed by atoms with Gasteiger partial charge in [0.1, 0.15) is 17.2 Å². The Kier molecular flexibility index (Phi) is 6.11. The van der Waals surface area contributed by atoms with Crippen LogP contribution >= 0.6 is 0 Å². The monoisotopic (exact) mass is 377 g/mol. The van der Waals surface area contributed by atoms with Crippen molar-refractivity contribution in [3.05, 3.63) is 77.6 Å². The molecule has 0 unspecified atom stereocenters. The Morgan fingerprint density at radius 3 is 2.57 bits per heavy atom. The average molecular weight is 377 g/mol. The number of methoxy groups -OCH3 is 2. The van der Waals surface area contributed by atoms with E-state index in [0.717, 1.165) is 22.5 Å². The van der Waals surface area contributed by atoms with Gasteiger partial charge >= 0.3 is 0 Å². The first-order valence-electron chi connectivity index (χ1n) is 8.88. The van der Waals surface area contributed by atoms with Crippen LogP contribution in [0, 0.1) is 6.92 Å². The van der Waals surface area contributed by atoms with Gasteiger partial charge in [-0.05, 0) is 36.8 Å². The number of hydrogen-bond acceptors (Lipinski definition) is 5. The minimum Gasteiger partial charge on any atom is -0.497 e. The van der Waals surface area contributed by atoms with E-state index in [-0.39, 0.29) is 5.91 Å². The van der Waals surface area contributed by atoms with Crippen molar-refractivity contribution in [1.82, 2.24) is 10.3 Å². The minimum atomic E-state index is -0.216. The smallest absolute Gasteiger partial charge is 0.270 e. The maximum Gasteiger partial charge on any atom is 0.270 e. The minimum absolute atomic E-state index is 0.216. The lowest BCUT2D eigenvalue weighted by atomic mass is 10.1. The molecule has 0 spiro atoms. The third-order valence-corrected chi connectivity index (χ3v) is 4.22. The van der Waals surface area contributed by atoms with Crippen LogP contribution in [0.4, 0.5) is 11.4 Å². The van der Waals surface area contributed by atoms with E-state index in [1.807, 2.05) is 49.4 Å². The number of rotatable bonds is 7. The largest absolute Gasteiger partial charge is 0.497 e. The van der Waals surface area contributed by atoms with Crippen LogP contribution in [0.3, 0.4) is 0 Å². The van der Waals surface area contributed by atoms with Crippen molar-refractivity contribution in [2.24, 2.45) is 0 Å². The number of pyridine rings is 1. The predicted molar refractivity (Wildman–Crippen MR) is 109 cm³/mol. The highest BCUT2D eigenvalue weighted by molar-refractivity contribution is 5.92. The number of amides is 1. The molecule has 0 aliphatic heterocycles. The van der Waals surface area contributed by atoms with Crippen molar-refractivity contribution >= 4 is 17.3 Å². The summed E-state index contributed by atoms with van der Waals surface area (Å²) in [5.74, 6) is 1.18. The third kappa shape index (κ3) is 4.79. The molecule has 0 aliphatic carbocycles. The molecule has 28 heavy (non-hydrogen) atoms. The second-order valence-electron chi connectivity index (χ2n) is 6.30. The summed E-state index contributed by atoms with van der Waals surface area (Å²) in [6.45, 7) is 2.49. The normalized spacial score (nSPS) is 10.2. The summed E-state index contributed by atoms with van der Waals surface area (Å²) in [5, 5.41) is 6.12. The summed E-state index contributed by atoms with van der Waals surface area (Å²) in [6.07, 6.45) is 1.61. The summed E-state index contributed by atoms with van der Waals surface area (Å²) < 4.78 is 10.6. The molecule has 0 fully saturated rings. The zero-order valence-electron chi connectivity index (χ0n) is 16.2. The molecular formula is C22H23N3O3. The zero-order valence-corrected chi connectivity index (χ0v) is 16.2. The van der Waals surface area contributed by atoms with E-state index in [1.54, 1.807) is 32.5 Å². The summed E-state index contributed by atoms with van der Waals surface area (Å²) in [4.78, 5) is 16.6. The van der Waals surface area contributed by atoms with Gasteiger partial charge in [-0.2, -0.15) is 0 Å². The maximum atomic E-state index is 12.3. The fourth-order valence-electron chi connectivity index (χ4n) is 2.76. The van der Waals surface area contributed by atoms with Crippen LogP contribution in [-0.4, -0.2) is 25.1 Å². The highest BCUT2D eigenvalue weighted by atomic mass is 16.5. The van der Waals surface area contributed by atoms with Crippen LogP contribution in [0.5, 0.6) is 11.5 Å². The van der Waals surface area contributed by atoms with E-state index >= 15 is 0 Å². The maximum absolute atomic E-state index is 12.3. The number of nitrogens with zero attached hydrogens (tertiary/aromatic N) is 1. The molecule has 0 aliphatic rings. The molecule has 0 atom stereocenters. The quantitative estimate of drug-likeness (QED) is 0.649. The SMILES string of the molecule is COc1ccc(OC)c(Nc2ccc(C(=O)NCc3cccc(C)c3)nc2)c1. The molecule has 2 aromatic carbocycles. The number of anilines is 2. The number of ether oxygens (including phenoxy) is 2. The van der Waals surface area contributed by atoms with Crippen LogP contribution in [-0.2, 0) is 6.54 Å². The third-order valence-electron chi connectivity index (χ3n) is 4.22. The highest BCUT2D eigenvalue weighted by Gasteiger charge is 2.09. The van der Waals surface area contributed by atoms with Gasteiger partial charge in [-0.25, -0.2) is 4.98 Å². The van der Waals surface area contributed by atoms with Crippen molar-refractivity contribution in [3.63, 3.8) is 0 Å². The molecule has 3 rings (SSSR count). The van der Waals surface area contributed by atoms with Crippen molar-refractivity contribution in [2.45, 2.75) is 13.5 Å². The summed E-state index contributed by atoms with van der Waals surface area (Å²) >= 11 is 0. The molecular weight excluding hydrogens is 354 g/mol. The molecule has 1 amide bonds. The first-order valence-corrected chi connectivity index (χ1v) is 8.88. The van der Waals surface area contributed by atoms with Crippen molar-refractivity contribution in [3.8, 4) is 11.5 Å². The number of aromatic nitrogens is 1. The van der Waals surface area contributed by atoms with Crippen molar-refractivity contribution in [1.29, 1.82) is 0 Å². The fraction of sp³-hybridized carbons (Fsp3) is 0.182. The molecule has 1 heterocycles. The van der Waals surface area contributed by atoms with Gasteiger partial charge in [0.25, 0.3) is 5.91 Å². The number of carbonyl (C=O) groups is 1.